The molecule has 0 heterocycles. The van der Waals surface area contributed by atoms with Gasteiger partial charge in [0.05, 0.1) is 11.7 Å². The number of nitrogens with two attached hydrogens (primary N) is 1. The van der Waals surface area contributed by atoms with E-state index in [-0.39, 0.29) is 11.1 Å². The standard InChI is InChI=1S/C23H25NO8/c1-7(2)11-16-19(28)12-8(3)9-5-4-6-10(25)13(9)18(27)14(12)20(29)23(16,32)21(30)15(17(11)26)22(24)31/h4-8,11-12,16,19,25,27-28,30,32H,1-3H3,(H2,24,31)/t8-,11-,12+,16+,19-,23-/m0/s1/i1D3,2D3. The molecule has 0 spiro atoms. The molecule has 0 bridgehead atoms. The van der Waals surface area contributed by atoms with Crippen molar-refractivity contribution in [2.45, 2.75) is 38.3 Å². The molecule has 3 aliphatic carbocycles. The van der Waals surface area contributed by atoms with E-state index in [4.69, 9.17) is 14.0 Å². The summed E-state index contributed by atoms with van der Waals surface area (Å²) in [4.78, 5) is 39.5. The molecular formula is C23H25NO8. The van der Waals surface area contributed by atoms with E-state index in [9.17, 15) is 39.9 Å². The molecule has 0 aliphatic heterocycles. The van der Waals surface area contributed by atoms with Gasteiger partial charge in [-0.25, -0.2) is 0 Å². The number of aromatic hydroxyl groups is 1. The minimum atomic E-state index is -3.43. The molecule has 170 valence electrons. The Morgan fingerprint density at radius 2 is 1.88 bits per heavy atom. The third kappa shape index (κ3) is 2.49. The highest BCUT2D eigenvalue weighted by Gasteiger charge is 2.68. The molecule has 9 heteroatoms. The van der Waals surface area contributed by atoms with Crippen LogP contribution in [-0.4, -0.2) is 54.7 Å². The van der Waals surface area contributed by atoms with Gasteiger partial charge in [-0.15, -0.1) is 0 Å². The molecule has 7 N–H and O–H groups in total. The number of benzene rings is 1. The number of carbonyl (C=O) groups excluding carboxylic acids is 3. The number of hydrogen-bond acceptors (Lipinski definition) is 8. The van der Waals surface area contributed by atoms with Gasteiger partial charge in [0.2, 0.25) is 5.78 Å². The molecule has 1 saturated carbocycles. The molecule has 0 saturated heterocycles. The Morgan fingerprint density at radius 1 is 1.22 bits per heavy atom. The summed E-state index contributed by atoms with van der Waals surface area (Å²) in [5, 5.41) is 55.6. The van der Waals surface area contributed by atoms with Crippen LogP contribution in [0.4, 0.5) is 0 Å². The number of hydrogen-bond donors (Lipinski definition) is 6. The minimum Gasteiger partial charge on any atom is -0.508 e. The highest BCUT2D eigenvalue weighted by atomic mass is 16.4. The van der Waals surface area contributed by atoms with E-state index in [1.165, 1.54) is 25.1 Å². The van der Waals surface area contributed by atoms with E-state index in [0.717, 1.165) is 0 Å². The van der Waals surface area contributed by atoms with Gasteiger partial charge in [0.1, 0.15) is 22.8 Å². The molecule has 1 fully saturated rings. The van der Waals surface area contributed by atoms with Crippen LogP contribution in [0.1, 0.15) is 45.9 Å². The third-order valence-electron chi connectivity index (χ3n) is 6.88. The van der Waals surface area contributed by atoms with Gasteiger partial charge in [0.25, 0.3) is 5.91 Å². The fourth-order valence-corrected chi connectivity index (χ4v) is 5.46. The van der Waals surface area contributed by atoms with Gasteiger partial charge < -0.3 is 31.3 Å². The van der Waals surface area contributed by atoms with Crippen molar-refractivity contribution in [2.75, 3.05) is 0 Å². The summed E-state index contributed by atoms with van der Waals surface area (Å²) in [5.74, 6) is -17.3. The number of rotatable bonds is 2. The first-order valence-electron chi connectivity index (χ1n) is 12.8. The van der Waals surface area contributed by atoms with Crippen LogP contribution in [0.15, 0.2) is 35.1 Å². The smallest absolute Gasteiger partial charge is 0.255 e. The fourth-order valence-electron chi connectivity index (χ4n) is 5.46. The number of Topliss-reactive ketones (excluding diaryl/α,β-unsaturated/α-hetero) is 2. The van der Waals surface area contributed by atoms with Crippen LogP contribution < -0.4 is 5.73 Å². The Balaban J connectivity index is 2.11. The molecule has 3 aliphatic rings. The zero-order chi connectivity index (χ0) is 28.9. The fraction of sp³-hybridized carbons (Fsp3) is 0.435. The van der Waals surface area contributed by atoms with Gasteiger partial charge in [-0.3, -0.25) is 14.4 Å². The second-order valence-corrected chi connectivity index (χ2v) is 8.39. The maximum Gasteiger partial charge on any atom is 0.255 e. The summed E-state index contributed by atoms with van der Waals surface area (Å²) in [5.41, 5.74) is -0.198. The summed E-state index contributed by atoms with van der Waals surface area (Å²) in [6, 6.07) is 4.11. The third-order valence-corrected chi connectivity index (χ3v) is 6.88. The quantitative estimate of drug-likeness (QED) is 0.359. The lowest BCUT2D eigenvalue weighted by molar-refractivity contribution is -0.171. The van der Waals surface area contributed by atoms with Gasteiger partial charge >= 0.3 is 0 Å². The molecule has 1 aromatic carbocycles. The maximum atomic E-state index is 13.9. The zero-order valence-corrected chi connectivity index (χ0v) is 16.7. The van der Waals surface area contributed by atoms with Crippen molar-refractivity contribution in [1.29, 1.82) is 0 Å². The number of aliphatic hydroxyl groups is 4. The lowest BCUT2D eigenvalue weighted by atomic mass is 9.51. The van der Waals surface area contributed by atoms with Crippen molar-refractivity contribution in [1.82, 2.24) is 0 Å². The number of aliphatic hydroxyl groups excluding tert-OH is 3. The van der Waals surface area contributed by atoms with Crippen molar-refractivity contribution in [3.8, 4) is 5.75 Å². The van der Waals surface area contributed by atoms with E-state index < -0.39 is 101 Å². The molecule has 9 nitrogen and oxygen atoms in total. The van der Waals surface area contributed by atoms with E-state index in [1.54, 1.807) is 0 Å². The second-order valence-electron chi connectivity index (χ2n) is 8.39. The van der Waals surface area contributed by atoms with Gasteiger partial charge in [-0.05, 0) is 23.5 Å². The summed E-state index contributed by atoms with van der Waals surface area (Å²) < 4.78 is 47.1. The Labute approximate surface area is 191 Å². The molecule has 6 atom stereocenters. The van der Waals surface area contributed by atoms with Crippen LogP contribution in [-0.2, 0) is 14.4 Å². The van der Waals surface area contributed by atoms with E-state index in [0.29, 0.717) is 0 Å². The molecule has 1 amide bonds. The summed E-state index contributed by atoms with van der Waals surface area (Å²) >= 11 is 0. The average Bonchev–Trinajstić information content (AvgIpc) is 2.76. The number of carbonyl (C=O) groups is 3. The van der Waals surface area contributed by atoms with Crippen LogP contribution in [0.5, 0.6) is 5.75 Å². The first-order chi connectivity index (χ1) is 17.3. The Bertz CT molecular complexity index is 1320. The molecule has 4 rings (SSSR count). The molecular weight excluding hydrogens is 418 g/mol. The second kappa shape index (κ2) is 6.91. The van der Waals surface area contributed by atoms with E-state index in [2.05, 4.69) is 0 Å². The summed E-state index contributed by atoms with van der Waals surface area (Å²) in [6.07, 6.45) is -2.10. The van der Waals surface area contributed by atoms with Gasteiger partial charge in [-0.1, -0.05) is 32.8 Å². The predicted molar refractivity (Wildman–Crippen MR) is 111 cm³/mol. The molecule has 0 unspecified atom stereocenters. The number of amides is 1. The Hall–Kier alpha value is -3.17. The van der Waals surface area contributed by atoms with Crippen LogP contribution in [0, 0.1) is 23.7 Å². The predicted octanol–water partition coefficient (Wildman–Crippen LogP) is 0.838. The van der Waals surface area contributed by atoms with Crippen LogP contribution in [0.3, 0.4) is 0 Å². The summed E-state index contributed by atoms with van der Waals surface area (Å²) in [7, 11) is 0. The molecule has 0 radical (unpaired) electrons. The molecule has 1 aromatic rings. The van der Waals surface area contributed by atoms with Crippen LogP contribution in [0.2, 0.25) is 0 Å². The lowest BCUT2D eigenvalue weighted by Crippen LogP contribution is -2.67. The minimum absolute atomic E-state index is 0.196. The monoisotopic (exact) mass is 449 g/mol. The molecule has 32 heavy (non-hydrogen) atoms. The van der Waals surface area contributed by atoms with Crippen molar-refractivity contribution in [2.24, 2.45) is 29.4 Å². The Kier molecular flexibility index (Phi) is 3.37. The highest BCUT2D eigenvalue weighted by Crippen LogP contribution is 2.57. The Morgan fingerprint density at radius 3 is 2.47 bits per heavy atom. The SMILES string of the molecule is [2H]C([2H])([2H])C([C@@H]1C(=O)C(C(N)=O)=C(O)[C@@]2(O)C(=O)C3=C(O)c4c(O)cccc4[C@H](C)[C@H]3[C@H](O)[C@@H]12)C([2H])([2H])[2H]. The maximum absolute atomic E-state index is 13.9. The average molecular weight is 449 g/mol. The van der Waals surface area contributed by atoms with Crippen molar-refractivity contribution < 1.29 is 48.1 Å². The summed E-state index contributed by atoms with van der Waals surface area (Å²) in [6.45, 7) is -5.37. The van der Waals surface area contributed by atoms with Crippen LogP contribution in [0.25, 0.3) is 5.76 Å². The molecule has 0 aromatic heterocycles. The number of phenolic OH excluding ortho intramolecular Hbond substituents is 1. The largest absolute Gasteiger partial charge is 0.508 e. The number of phenols is 1. The number of fused-ring (bicyclic) bond motifs is 3. The zero-order valence-electron chi connectivity index (χ0n) is 22.7. The van der Waals surface area contributed by atoms with E-state index >= 15 is 0 Å². The topological polar surface area (TPSA) is 178 Å². The van der Waals surface area contributed by atoms with E-state index in [1.807, 2.05) is 0 Å². The first kappa shape index (κ1) is 15.6. The normalized spacial score (nSPS) is 37.9. The first-order valence-corrected chi connectivity index (χ1v) is 9.77. The van der Waals surface area contributed by atoms with Crippen LogP contribution >= 0.6 is 0 Å². The van der Waals surface area contributed by atoms with Gasteiger partial charge in [0, 0.05) is 31.6 Å². The van der Waals surface area contributed by atoms with Gasteiger partial charge in [0.15, 0.2) is 11.4 Å². The number of primary amides is 1. The van der Waals surface area contributed by atoms with Crippen molar-refractivity contribution in [3.63, 3.8) is 0 Å². The number of ketones is 2. The lowest BCUT2D eigenvalue weighted by Gasteiger charge is -2.53. The highest BCUT2D eigenvalue weighted by molar-refractivity contribution is 6.23. The van der Waals surface area contributed by atoms with Crippen molar-refractivity contribution in [3.05, 3.63) is 46.2 Å². The van der Waals surface area contributed by atoms with Crippen molar-refractivity contribution >= 4 is 23.2 Å². The van der Waals surface area contributed by atoms with Gasteiger partial charge in [-0.2, -0.15) is 0 Å².